The van der Waals surface area contributed by atoms with Crippen molar-refractivity contribution in [2.45, 2.75) is 80.1 Å². The molecule has 6 rings (SSSR count). The molecule has 0 fully saturated rings. The Balaban J connectivity index is 1.45. The summed E-state index contributed by atoms with van der Waals surface area (Å²) in [5.74, 6) is 0. The van der Waals surface area contributed by atoms with Crippen molar-refractivity contribution < 1.29 is 0 Å². The third-order valence-corrected chi connectivity index (χ3v) is 11.0. The SMILES string of the molecule is Cc1ccccc1N(c1ccccc1)c1cccc(C(C)(C)c2cc(-c3ccc(C)c(C(C)(C)c4cccc(C)c4C)c3)ccc2C)c1C. The lowest BCUT2D eigenvalue weighted by atomic mass is 9.72. The second-order valence-electron chi connectivity index (χ2n) is 15.0. The van der Waals surface area contributed by atoms with Gasteiger partial charge in [-0.1, -0.05) is 131 Å². The van der Waals surface area contributed by atoms with E-state index in [9.17, 15) is 0 Å². The van der Waals surface area contributed by atoms with Gasteiger partial charge in [0.05, 0.1) is 0 Å². The summed E-state index contributed by atoms with van der Waals surface area (Å²) in [6.07, 6.45) is 0. The van der Waals surface area contributed by atoms with Crippen molar-refractivity contribution in [3.63, 3.8) is 0 Å². The molecular formula is C48H51N. The summed E-state index contributed by atoms with van der Waals surface area (Å²) in [6, 6.07) is 47.0. The molecule has 0 spiro atoms. The third-order valence-electron chi connectivity index (χ3n) is 11.0. The molecule has 0 saturated heterocycles. The third kappa shape index (κ3) is 6.24. The molecule has 1 heteroatoms. The van der Waals surface area contributed by atoms with Crippen LogP contribution in [-0.2, 0) is 10.8 Å². The minimum atomic E-state index is -0.236. The predicted molar refractivity (Wildman–Crippen MR) is 212 cm³/mol. The minimum Gasteiger partial charge on any atom is -0.310 e. The Labute approximate surface area is 295 Å². The van der Waals surface area contributed by atoms with Gasteiger partial charge in [-0.15, -0.1) is 0 Å². The summed E-state index contributed by atoms with van der Waals surface area (Å²) >= 11 is 0. The zero-order valence-corrected chi connectivity index (χ0v) is 31.1. The summed E-state index contributed by atoms with van der Waals surface area (Å²) in [5.41, 5.74) is 19.1. The van der Waals surface area contributed by atoms with Gasteiger partial charge in [0.2, 0.25) is 0 Å². The number of para-hydroxylation sites is 2. The van der Waals surface area contributed by atoms with Gasteiger partial charge in [-0.3, -0.25) is 0 Å². The van der Waals surface area contributed by atoms with Crippen LogP contribution in [0.5, 0.6) is 0 Å². The summed E-state index contributed by atoms with van der Waals surface area (Å²) in [7, 11) is 0. The van der Waals surface area contributed by atoms with Crippen molar-refractivity contribution in [1.29, 1.82) is 0 Å². The Hall–Kier alpha value is -4.88. The Morgan fingerprint density at radius 3 is 1.41 bits per heavy atom. The lowest BCUT2D eigenvalue weighted by Gasteiger charge is -2.34. The van der Waals surface area contributed by atoms with Crippen LogP contribution in [-0.4, -0.2) is 0 Å². The molecule has 0 heterocycles. The fourth-order valence-corrected chi connectivity index (χ4v) is 8.01. The molecule has 49 heavy (non-hydrogen) atoms. The maximum absolute atomic E-state index is 2.44. The standard InChI is InChI=1S/C48H51N/c1-32-19-16-22-41(36(32)5)47(7,8)43-30-38(28-26-33(43)2)39-29-27-34(3)44(31-39)48(9,10)42-23-17-25-46(37(42)6)49(40-20-12-11-13-21-40)45-24-15-14-18-35(45)4/h11-31H,1-10H3. The van der Waals surface area contributed by atoms with Gasteiger partial charge < -0.3 is 4.90 Å². The van der Waals surface area contributed by atoms with E-state index in [1.54, 1.807) is 0 Å². The van der Waals surface area contributed by atoms with Gasteiger partial charge in [0.1, 0.15) is 0 Å². The van der Waals surface area contributed by atoms with Crippen LogP contribution in [0.1, 0.15) is 83.3 Å². The molecule has 0 amide bonds. The van der Waals surface area contributed by atoms with E-state index in [1.807, 2.05) is 0 Å². The summed E-state index contributed by atoms with van der Waals surface area (Å²) in [5, 5.41) is 0. The highest BCUT2D eigenvalue weighted by Crippen LogP contribution is 2.44. The number of anilines is 3. The Kier molecular flexibility index (Phi) is 9.16. The Morgan fingerprint density at radius 1 is 0.367 bits per heavy atom. The zero-order chi connectivity index (χ0) is 35.1. The highest BCUT2D eigenvalue weighted by Gasteiger charge is 2.30. The molecule has 0 saturated carbocycles. The van der Waals surface area contributed by atoms with Gasteiger partial charge >= 0.3 is 0 Å². The smallest absolute Gasteiger partial charge is 0.0493 e. The number of hydrogen-bond acceptors (Lipinski definition) is 1. The van der Waals surface area contributed by atoms with Gasteiger partial charge in [-0.25, -0.2) is 0 Å². The van der Waals surface area contributed by atoms with Gasteiger partial charge in [0.25, 0.3) is 0 Å². The number of nitrogens with zero attached hydrogens (tertiary/aromatic N) is 1. The number of aryl methyl sites for hydroxylation is 4. The van der Waals surface area contributed by atoms with E-state index in [2.05, 4.69) is 202 Å². The van der Waals surface area contributed by atoms with Crippen LogP contribution in [0.4, 0.5) is 17.1 Å². The molecule has 0 aromatic heterocycles. The molecule has 0 aliphatic carbocycles. The molecule has 0 aliphatic heterocycles. The van der Waals surface area contributed by atoms with Gasteiger partial charge in [-0.2, -0.15) is 0 Å². The maximum Gasteiger partial charge on any atom is 0.0493 e. The second kappa shape index (κ2) is 13.2. The van der Waals surface area contributed by atoms with E-state index in [4.69, 9.17) is 0 Å². The van der Waals surface area contributed by atoms with Crippen molar-refractivity contribution in [3.8, 4) is 11.1 Å². The highest BCUT2D eigenvalue weighted by molar-refractivity contribution is 5.81. The van der Waals surface area contributed by atoms with Crippen LogP contribution in [0.15, 0.2) is 127 Å². The second-order valence-corrected chi connectivity index (χ2v) is 15.0. The van der Waals surface area contributed by atoms with E-state index < -0.39 is 0 Å². The first-order valence-corrected chi connectivity index (χ1v) is 17.6. The number of benzene rings is 6. The van der Waals surface area contributed by atoms with E-state index in [0.717, 1.165) is 5.69 Å². The van der Waals surface area contributed by atoms with Gasteiger partial charge in [0.15, 0.2) is 0 Å². The van der Waals surface area contributed by atoms with E-state index in [0.29, 0.717) is 0 Å². The molecule has 6 aromatic carbocycles. The largest absolute Gasteiger partial charge is 0.310 e. The van der Waals surface area contributed by atoms with E-state index >= 15 is 0 Å². The number of hydrogen-bond donors (Lipinski definition) is 0. The van der Waals surface area contributed by atoms with Crippen molar-refractivity contribution >= 4 is 17.1 Å². The number of rotatable bonds is 8. The monoisotopic (exact) mass is 641 g/mol. The average Bonchev–Trinajstić information content (AvgIpc) is 3.08. The highest BCUT2D eigenvalue weighted by atomic mass is 15.1. The molecule has 0 atom stereocenters. The normalized spacial score (nSPS) is 11.9. The predicted octanol–water partition coefficient (Wildman–Crippen LogP) is 13.3. The summed E-state index contributed by atoms with van der Waals surface area (Å²) in [6.45, 7) is 23.0. The maximum atomic E-state index is 2.44. The molecule has 1 nitrogen and oxygen atoms in total. The first kappa shape index (κ1) is 34.0. The molecule has 0 radical (unpaired) electrons. The van der Waals surface area contributed by atoms with E-state index in [1.165, 1.54) is 78.1 Å². The van der Waals surface area contributed by atoms with Crippen LogP contribution in [0, 0.1) is 41.5 Å². The molecule has 0 N–H and O–H groups in total. The lowest BCUT2D eigenvalue weighted by molar-refractivity contribution is 0.630. The lowest BCUT2D eigenvalue weighted by Crippen LogP contribution is -2.23. The van der Waals surface area contributed by atoms with Crippen molar-refractivity contribution in [3.05, 3.63) is 183 Å². The molecule has 248 valence electrons. The van der Waals surface area contributed by atoms with Crippen molar-refractivity contribution in [2.75, 3.05) is 4.90 Å². The van der Waals surface area contributed by atoms with Crippen LogP contribution >= 0.6 is 0 Å². The van der Waals surface area contributed by atoms with Crippen LogP contribution in [0.2, 0.25) is 0 Å². The van der Waals surface area contributed by atoms with Crippen LogP contribution in [0.25, 0.3) is 11.1 Å². The molecular weight excluding hydrogens is 591 g/mol. The first-order chi connectivity index (χ1) is 23.3. The first-order valence-electron chi connectivity index (χ1n) is 17.6. The quantitative estimate of drug-likeness (QED) is 0.160. The van der Waals surface area contributed by atoms with Crippen LogP contribution < -0.4 is 4.90 Å². The Bertz CT molecular complexity index is 2130. The van der Waals surface area contributed by atoms with Crippen molar-refractivity contribution in [1.82, 2.24) is 0 Å². The van der Waals surface area contributed by atoms with Gasteiger partial charge in [0, 0.05) is 27.9 Å². The molecule has 6 aromatic rings. The van der Waals surface area contributed by atoms with E-state index in [-0.39, 0.29) is 10.8 Å². The Morgan fingerprint density at radius 2 is 0.837 bits per heavy atom. The topological polar surface area (TPSA) is 3.24 Å². The minimum absolute atomic E-state index is 0.123. The molecule has 0 bridgehead atoms. The fraction of sp³-hybridized carbons (Fsp3) is 0.250. The zero-order valence-electron chi connectivity index (χ0n) is 31.1. The average molecular weight is 642 g/mol. The molecule has 0 unspecified atom stereocenters. The van der Waals surface area contributed by atoms with Crippen LogP contribution in [0.3, 0.4) is 0 Å². The fourth-order valence-electron chi connectivity index (χ4n) is 8.01. The van der Waals surface area contributed by atoms with Crippen molar-refractivity contribution in [2.24, 2.45) is 0 Å². The summed E-state index contributed by atoms with van der Waals surface area (Å²) < 4.78 is 0. The van der Waals surface area contributed by atoms with Gasteiger partial charge in [-0.05, 0) is 133 Å². The summed E-state index contributed by atoms with van der Waals surface area (Å²) in [4.78, 5) is 2.42. The molecule has 0 aliphatic rings.